The Balaban J connectivity index is 2.35. The molecule has 2 heterocycles. The summed E-state index contributed by atoms with van der Waals surface area (Å²) in [6.07, 6.45) is 2.98. The first-order valence-electron chi connectivity index (χ1n) is 4.96. The fourth-order valence-electron chi connectivity index (χ4n) is 1.36. The minimum Gasteiger partial charge on any atom is -0.429 e. The summed E-state index contributed by atoms with van der Waals surface area (Å²) in [5, 5.41) is 0. The third-order valence-electron chi connectivity index (χ3n) is 2.09. The Hall–Kier alpha value is -2.76. The van der Waals surface area contributed by atoms with E-state index in [2.05, 4.69) is 9.97 Å². The van der Waals surface area contributed by atoms with Gasteiger partial charge in [-0.15, -0.1) is 0 Å². The average Bonchev–Trinajstić information content (AvgIpc) is 2.40. The van der Waals surface area contributed by atoms with Gasteiger partial charge in [-0.25, -0.2) is 0 Å². The van der Waals surface area contributed by atoms with Crippen LogP contribution in [0, 0.1) is 0 Å². The molecule has 90 valence electrons. The lowest BCUT2D eigenvalue weighted by Gasteiger charge is -2.03. The molecular weight excluding hydrogens is 236 g/mol. The standard InChI is InChI=1S/C12H8N2O4/c15-7-17-9-1-3-13-11(5-9)12-6-10(18-8-16)2-4-14-12/h1-8H. The van der Waals surface area contributed by atoms with E-state index in [0.29, 0.717) is 35.8 Å². The van der Waals surface area contributed by atoms with Crippen LogP contribution in [0.4, 0.5) is 0 Å². The lowest BCUT2D eigenvalue weighted by Crippen LogP contribution is -1.93. The molecule has 0 aliphatic rings. The van der Waals surface area contributed by atoms with Crippen molar-refractivity contribution in [1.82, 2.24) is 9.97 Å². The summed E-state index contributed by atoms with van der Waals surface area (Å²) < 4.78 is 9.42. The number of aromatic nitrogens is 2. The molecule has 0 N–H and O–H groups in total. The van der Waals surface area contributed by atoms with Gasteiger partial charge in [0.15, 0.2) is 0 Å². The molecule has 0 saturated heterocycles. The predicted molar refractivity (Wildman–Crippen MR) is 60.9 cm³/mol. The maximum Gasteiger partial charge on any atom is 0.298 e. The van der Waals surface area contributed by atoms with Gasteiger partial charge in [-0.05, 0) is 12.1 Å². The van der Waals surface area contributed by atoms with E-state index in [1.807, 2.05) is 0 Å². The van der Waals surface area contributed by atoms with Gasteiger partial charge >= 0.3 is 0 Å². The number of pyridine rings is 2. The minimum absolute atomic E-state index is 0.332. The van der Waals surface area contributed by atoms with Crippen LogP contribution in [0.25, 0.3) is 11.4 Å². The Morgan fingerprint density at radius 2 is 1.28 bits per heavy atom. The van der Waals surface area contributed by atoms with E-state index in [4.69, 9.17) is 9.47 Å². The summed E-state index contributed by atoms with van der Waals surface area (Å²) in [6.45, 7) is 0.664. The van der Waals surface area contributed by atoms with E-state index in [9.17, 15) is 9.59 Å². The van der Waals surface area contributed by atoms with Gasteiger partial charge in [-0.2, -0.15) is 0 Å². The van der Waals surface area contributed by atoms with Crippen molar-refractivity contribution in [2.75, 3.05) is 0 Å². The molecule has 6 nitrogen and oxygen atoms in total. The van der Waals surface area contributed by atoms with Gasteiger partial charge < -0.3 is 9.47 Å². The largest absolute Gasteiger partial charge is 0.429 e. The quantitative estimate of drug-likeness (QED) is 0.735. The van der Waals surface area contributed by atoms with Crippen molar-refractivity contribution in [1.29, 1.82) is 0 Å². The number of nitrogens with zero attached hydrogens (tertiary/aromatic N) is 2. The van der Waals surface area contributed by atoms with Crippen LogP contribution in [0.2, 0.25) is 0 Å². The molecular formula is C12H8N2O4. The van der Waals surface area contributed by atoms with Gasteiger partial charge in [0.2, 0.25) is 0 Å². The molecule has 18 heavy (non-hydrogen) atoms. The molecule has 0 fully saturated rings. The van der Waals surface area contributed by atoms with Gasteiger partial charge in [0, 0.05) is 24.5 Å². The molecule has 2 aromatic rings. The van der Waals surface area contributed by atoms with Crippen LogP contribution < -0.4 is 9.47 Å². The van der Waals surface area contributed by atoms with Crippen molar-refractivity contribution < 1.29 is 19.1 Å². The maximum absolute atomic E-state index is 10.2. The summed E-state index contributed by atoms with van der Waals surface area (Å²) in [4.78, 5) is 28.7. The second-order valence-electron chi connectivity index (χ2n) is 3.18. The molecule has 0 spiro atoms. The van der Waals surface area contributed by atoms with E-state index < -0.39 is 0 Å². The third kappa shape index (κ3) is 2.67. The summed E-state index contributed by atoms with van der Waals surface area (Å²) in [6, 6.07) is 6.20. The molecule has 0 atom stereocenters. The van der Waals surface area contributed by atoms with Gasteiger partial charge in [0.25, 0.3) is 12.9 Å². The van der Waals surface area contributed by atoms with Crippen molar-refractivity contribution in [3.8, 4) is 22.9 Å². The molecule has 0 amide bonds. The number of ether oxygens (including phenoxy) is 2. The fraction of sp³-hybridized carbons (Fsp3) is 0. The monoisotopic (exact) mass is 244 g/mol. The van der Waals surface area contributed by atoms with Gasteiger partial charge in [0.1, 0.15) is 11.5 Å². The highest BCUT2D eigenvalue weighted by molar-refractivity contribution is 5.60. The van der Waals surface area contributed by atoms with Gasteiger partial charge in [0.05, 0.1) is 11.4 Å². The Labute approximate surface area is 102 Å². The smallest absolute Gasteiger partial charge is 0.298 e. The fourth-order valence-corrected chi connectivity index (χ4v) is 1.36. The first-order valence-corrected chi connectivity index (χ1v) is 4.96. The van der Waals surface area contributed by atoms with Crippen molar-refractivity contribution in [3.63, 3.8) is 0 Å². The second kappa shape index (κ2) is 5.53. The normalized spacial score (nSPS) is 9.56. The zero-order valence-corrected chi connectivity index (χ0v) is 9.15. The average molecular weight is 244 g/mol. The number of hydrogen-bond donors (Lipinski definition) is 0. The molecule has 0 aliphatic carbocycles. The van der Waals surface area contributed by atoms with Gasteiger partial charge in [-0.3, -0.25) is 19.6 Å². The summed E-state index contributed by atoms with van der Waals surface area (Å²) >= 11 is 0. The molecule has 2 rings (SSSR count). The zero-order chi connectivity index (χ0) is 12.8. The third-order valence-corrected chi connectivity index (χ3v) is 2.09. The van der Waals surface area contributed by atoms with E-state index in [0.717, 1.165) is 0 Å². The van der Waals surface area contributed by atoms with Crippen LogP contribution in [0.1, 0.15) is 0 Å². The number of hydrogen-bond acceptors (Lipinski definition) is 6. The van der Waals surface area contributed by atoms with Crippen LogP contribution in [0.3, 0.4) is 0 Å². The van der Waals surface area contributed by atoms with E-state index in [1.54, 1.807) is 24.3 Å². The Morgan fingerprint density at radius 1 is 0.833 bits per heavy atom. The van der Waals surface area contributed by atoms with Crippen LogP contribution in [-0.4, -0.2) is 22.9 Å². The van der Waals surface area contributed by atoms with Crippen LogP contribution in [0.5, 0.6) is 11.5 Å². The zero-order valence-electron chi connectivity index (χ0n) is 9.15. The lowest BCUT2D eigenvalue weighted by molar-refractivity contribution is -0.121. The highest BCUT2D eigenvalue weighted by Gasteiger charge is 2.04. The molecule has 0 unspecified atom stereocenters. The molecule has 2 aromatic heterocycles. The molecule has 0 saturated carbocycles. The highest BCUT2D eigenvalue weighted by atomic mass is 16.5. The number of rotatable bonds is 5. The highest BCUT2D eigenvalue weighted by Crippen LogP contribution is 2.22. The van der Waals surface area contributed by atoms with E-state index in [1.165, 1.54) is 12.4 Å². The topological polar surface area (TPSA) is 78.4 Å². The predicted octanol–water partition coefficient (Wildman–Crippen LogP) is 1.21. The van der Waals surface area contributed by atoms with Crippen molar-refractivity contribution in [2.45, 2.75) is 0 Å². The molecule has 0 aliphatic heterocycles. The number of carbonyl (C=O) groups is 2. The second-order valence-corrected chi connectivity index (χ2v) is 3.18. The van der Waals surface area contributed by atoms with Crippen LogP contribution >= 0.6 is 0 Å². The van der Waals surface area contributed by atoms with Crippen molar-refractivity contribution in [2.24, 2.45) is 0 Å². The Kier molecular flexibility index (Phi) is 3.60. The van der Waals surface area contributed by atoms with Crippen LogP contribution in [0.15, 0.2) is 36.7 Å². The summed E-state index contributed by atoms with van der Waals surface area (Å²) in [5.74, 6) is 0.719. The van der Waals surface area contributed by atoms with E-state index >= 15 is 0 Å². The molecule has 0 radical (unpaired) electrons. The van der Waals surface area contributed by atoms with E-state index in [-0.39, 0.29) is 0 Å². The summed E-state index contributed by atoms with van der Waals surface area (Å²) in [5.41, 5.74) is 1.01. The van der Waals surface area contributed by atoms with Crippen molar-refractivity contribution >= 4 is 12.9 Å². The summed E-state index contributed by atoms with van der Waals surface area (Å²) in [7, 11) is 0. The van der Waals surface area contributed by atoms with Crippen LogP contribution in [-0.2, 0) is 9.59 Å². The minimum atomic E-state index is 0.332. The van der Waals surface area contributed by atoms with Crippen molar-refractivity contribution in [3.05, 3.63) is 36.7 Å². The Morgan fingerprint density at radius 3 is 1.67 bits per heavy atom. The Bertz CT molecular complexity index is 520. The number of carbonyl (C=O) groups excluding carboxylic acids is 2. The first kappa shape index (κ1) is 11.7. The molecule has 0 bridgehead atoms. The molecule has 6 heteroatoms. The lowest BCUT2D eigenvalue weighted by atomic mass is 10.2. The first-order chi connectivity index (χ1) is 8.83. The SMILES string of the molecule is O=COc1ccnc(-c2cc(OC=O)ccn2)c1. The molecule has 0 aromatic carbocycles. The van der Waals surface area contributed by atoms with Gasteiger partial charge in [-0.1, -0.05) is 0 Å². The maximum atomic E-state index is 10.2.